The maximum absolute atomic E-state index is 11.6. The zero-order valence-electron chi connectivity index (χ0n) is 16.9. The average Bonchev–Trinajstić information content (AvgIpc) is 3.33. The molecule has 11 heteroatoms. The van der Waals surface area contributed by atoms with Crippen molar-refractivity contribution < 1.29 is 35.1 Å². The lowest BCUT2D eigenvalue weighted by atomic mass is 9.94. The van der Waals surface area contributed by atoms with Gasteiger partial charge in [-0.05, 0) is 44.2 Å². The van der Waals surface area contributed by atoms with E-state index >= 15 is 0 Å². The summed E-state index contributed by atoms with van der Waals surface area (Å²) in [7, 11) is -7.71. The minimum Gasteiger partial charge on any atom is -0.748 e. The summed E-state index contributed by atoms with van der Waals surface area (Å²) in [6, 6.07) is 11.0. The summed E-state index contributed by atoms with van der Waals surface area (Å²) in [6.07, 6.45) is 3.77. The number of hydrogen-bond donors (Lipinski definition) is 0. The van der Waals surface area contributed by atoms with Crippen LogP contribution >= 0.6 is 0 Å². The van der Waals surface area contributed by atoms with Gasteiger partial charge < -0.3 is 9.29 Å². The van der Waals surface area contributed by atoms with Crippen LogP contribution in [0.15, 0.2) is 35.2 Å². The quantitative estimate of drug-likeness (QED) is 0.268. The van der Waals surface area contributed by atoms with Gasteiger partial charge in [-0.15, -0.1) is 0 Å². The van der Waals surface area contributed by atoms with Crippen LogP contribution in [-0.4, -0.2) is 62.1 Å². The van der Waals surface area contributed by atoms with Gasteiger partial charge in [0.05, 0.1) is 5.25 Å². The van der Waals surface area contributed by atoms with Crippen molar-refractivity contribution in [1.82, 2.24) is 0 Å². The molecule has 2 aliphatic heterocycles. The van der Waals surface area contributed by atoms with Gasteiger partial charge in [-0.1, -0.05) is 18.2 Å². The van der Waals surface area contributed by atoms with Crippen molar-refractivity contribution in [2.24, 2.45) is 11.8 Å². The summed E-state index contributed by atoms with van der Waals surface area (Å²) >= 11 is 0. The molecule has 2 heterocycles. The van der Waals surface area contributed by atoms with Gasteiger partial charge in [0, 0.05) is 22.7 Å². The molecule has 4 aliphatic rings. The van der Waals surface area contributed by atoms with Gasteiger partial charge >= 0.3 is 5.97 Å². The maximum atomic E-state index is 11.6. The van der Waals surface area contributed by atoms with Crippen LogP contribution in [0, 0.1) is 11.8 Å². The molecule has 5 unspecified atom stereocenters. The molecule has 0 radical (unpaired) electrons. The molecule has 0 amide bonds. The van der Waals surface area contributed by atoms with Gasteiger partial charge in [-0.2, -0.15) is 8.42 Å². The van der Waals surface area contributed by atoms with Crippen molar-refractivity contribution in [2.75, 3.05) is 17.3 Å². The van der Waals surface area contributed by atoms with Gasteiger partial charge in [0.2, 0.25) is 0 Å². The van der Waals surface area contributed by atoms with Crippen LogP contribution in [0.25, 0.3) is 0 Å². The van der Waals surface area contributed by atoms with E-state index in [0.29, 0.717) is 23.7 Å². The molecule has 2 saturated heterocycles. The molecule has 1 aromatic rings. The molecule has 172 valence electrons. The highest BCUT2D eigenvalue weighted by Gasteiger charge is 2.65. The van der Waals surface area contributed by atoms with E-state index in [0.717, 1.165) is 0 Å². The molecule has 4 fully saturated rings. The molecule has 2 saturated carbocycles. The van der Waals surface area contributed by atoms with Gasteiger partial charge in [0.25, 0.3) is 10.1 Å². The second-order valence-corrected chi connectivity index (χ2v) is 13.9. The monoisotopic (exact) mass is 490 g/mol. The fourth-order valence-corrected chi connectivity index (χ4v) is 9.62. The lowest BCUT2D eigenvalue weighted by Gasteiger charge is -2.25. The molecule has 2 aliphatic carbocycles. The van der Waals surface area contributed by atoms with Crippen molar-refractivity contribution in [3.63, 3.8) is 0 Å². The van der Waals surface area contributed by atoms with E-state index in [9.17, 15) is 26.2 Å². The Labute approximate surface area is 185 Å². The fourth-order valence-electron chi connectivity index (χ4n) is 5.05. The number of ether oxygens (including phenoxy) is 1. The third kappa shape index (κ3) is 5.27. The topological polar surface area (TPSA) is 127 Å². The third-order valence-corrected chi connectivity index (χ3v) is 11.2. The summed E-state index contributed by atoms with van der Waals surface area (Å²) in [5.74, 6) is 0.127. The van der Waals surface area contributed by atoms with Gasteiger partial charge in [0.1, 0.15) is 39.6 Å². The predicted molar refractivity (Wildman–Crippen MR) is 114 cm³/mol. The number of rotatable bonds is 4. The van der Waals surface area contributed by atoms with Crippen molar-refractivity contribution in [2.45, 2.75) is 54.5 Å². The number of esters is 1. The average molecular weight is 491 g/mol. The zero-order valence-corrected chi connectivity index (χ0v) is 19.4. The van der Waals surface area contributed by atoms with Crippen LogP contribution in [-0.2, 0) is 44.8 Å². The van der Waals surface area contributed by atoms with Gasteiger partial charge in [-0.3, -0.25) is 8.98 Å². The van der Waals surface area contributed by atoms with Crippen LogP contribution < -0.4 is 0 Å². The largest absolute Gasteiger partial charge is 0.748 e. The lowest BCUT2D eigenvalue weighted by Crippen LogP contribution is -2.38. The first kappa shape index (κ1) is 23.0. The first-order valence-corrected chi connectivity index (χ1v) is 15.0. The van der Waals surface area contributed by atoms with Crippen LogP contribution in [0.3, 0.4) is 0 Å². The fraction of sp³-hybridized carbons (Fsp3) is 0.650. The normalized spacial score (nSPS) is 33.5. The standard InChI is InChI=1S/C11H15S.C9H12O8S2/c1-3-7-11(8-4-1)12-9-5-2-6-10-12;10-7(3-18(11,12)13)16-8-4-1-5-6(2-4)19(14,15)17-9(5)8/h1,3-4,7-8H,2,5-6,9-10H2;4-6,8-9H,1-3H2,(H,11,12,13)/q+1;/p-1. The molecule has 0 spiro atoms. The minimum atomic E-state index is -4.70. The van der Waals surface area contributed by atoms with Crippen LogP contribution in [0.2, 0.25) is 0 Å². The zero-order chi connectivity index (χ0) is 22.2. The molecule has 8 nitrogen and oxygen atoms in total. The van der Waals surface area contributed by atoms with Gasteiger partial charge in [0.15, 0.2) is 4.90 Å². The molecule has 0 N–H and O–H groups in total. The number of hydrogen-bond acceptors (Lipinski definition) is 8. The first-order chi connectivity index (χ1) is 14.6. The van der Waals surface area contributed by atoms with Crippen LogP contribution in [0.5, 0.6) is 0 Å². The van der Waals surface area contributed by atoms with Crippen molar-refractivity contribution in [1.29, 1.82) is 0 Å². The van der Waals surface area contributed by atoms with Crippen LogP contribution in [0.1, 0.15) is 32.1 Å². The molecule has 0 aromatic heterocycles. The van der Waals surface area contributed by atoms with E-state index in [-0.39, 0.29) is 11.8 Å². The Morgan fingerprint density at radius 1 is 1.13 bits per heavy atom. The summed E-state index contributed by atoms with van der Waals surface area (Å²) in [6.45, 7) is 0. The summed E-state index contributed by atoms with van der Waals surface area (Å²) in [5.41, 5.74) is 0. The molecule has 5 rings (SSSR count). The van der Waals surface area contributed by atoms with E-state index < -0.39 is 49.4 Å². The Morgan fingerprint density at radius 3 is 2.45 bits per heavy atom. The van der Waals surface area contributed by atoms with E-state index in [1.54, 1.807) is 4.90 Å². The Kier molecular flexibility index (Phi) is 6.69. The Bertz CT molecular complexity index is 1000. The Balaban J connectivity index is 0.000000166. The van der Waals surface area contributed by atoms with E-state index in [4.69, 9.17) is 8.92 Å². The first-order valence-electron chi connectivity index (χ1n) is 10.4. The molecule has 1 aromatic carbocycles. The SMILES string of the molecule is O=C(CS(=O)(=O)[O-])OC1C2CC3C1OS(=O)(=O)C3C2.c1ccc([S+]2CCCCC2)cc1. The Hall–Kier alpha value is -1.14. The number of benzene rings is 1. The smallest absolute Gasteiger partial charge is 0.320 e. The number of fused-ring (bicyclic) bond motifs is 1. The molecular formula is C20H26O8S3. The van der Waals surface area contributed by atoms with Crippen molar-refractivity contribution in [3.05, 3.63) is 30.3 Å². The molecule has 2 bridgehead atoms. The number of carbonyl (C=O) groups excluding carboxylic acids is 1. The minimum absolute atomic E-state index is 0.143. The highest BCUT2D eigenvalue weighted by Crippen LogP contribution is 2.55. The number of carbonyl (C=O) groups is 1. The maximum Gasteiger partial charge on any atom is 0.320 e. The third-order valence-electron chi connectivity index (χ3n) is 6.33. The molecular weight excluding hydrogens is 464 g/mol. The van der Waals surface area contributed by atoms with Crippen molar-refractivity contribution >= 4 is 37.1 Å². The van der Waals surface area contributed by atoms with E-state index in [1.165, 1.54) is 30.8 Å². The molecule has 31 heavy (non-hydrogen) atoms. The second kappa shape index (κ2) is 9.01. The van der Waals surface area contributed by atoms with Crippen LogP contribution in [0.4, 0.5) is 0 Å². The van der Waals surface area contributed by atoms with E-state index in [1.807, 2.05) is 0 Å². The predicted octanol–water partition coefficient (Wildman–Crippen LogP) is 1.43. The lowest BCUT2D eigenvalue weighted by molar-refractivity contribution is -0.152. The van der Waals surface area contributed by atoms with E-state index in [2.05, 4.69) is 30.3 Å². The highest BCUT2D eigenvalue weighted by molar-refractivity contribution is 7.96. The highest BCUT2D eigenvalue weighted by atomic mass is 32.2. The van der Waals surface area contributed by atoms with Crippen molar-refractivity contribution in [3.8, 4) is 0 Å². The molecule has 5 atom stereocenters. The summed E-state index contributed by atoms with van der Waals surface area (Å²) in [4.78, 5) is 12.9. The second-order valence-electron chi connectivity index (χ2n) is 8.42. The Morgan fingerprint density at radius 2 is 1.81 bits per heavy atom. The summed E-state index contributed by atoms with van der Waals surface area (Å²) in [5, 5.41) is -0.541. The van der Waals surface area contributed by atoms with Gasteiger partial charge in [-0.25, -0.2) is 8.42 Å². The summed E-state index contributed by atoms with van der Waals surface area (Å²) < 4.78 is 64.5.